The van der Waals surface area contributed by atoms with E-state index in [-0.39, 0.29) is 56.3 Å². The molecular weight excluding hydrogens is 361 g/mol. The highest BCUT2D eigenvalue weighted by Crippen LogP contribution is 2.28. The van der Waals surface area contributed by atoms with E-state index in [1.165, 1.54) is 16.4 Å². The first-order chi connectivity index (χ1) is 12.4. The zero-order valence-corrected chi connectivity index (χ0v) is 15.3. The van der Waals surface area contributed by atoms with Crippen molar-refractivity contribution in [2.24, 2.45) is 11.7 Å². The smallest absolute Gasteiger partial charge is 0.246 e. The van der Waals surface area contributed by atoms with Crippen LogP contribution in [0.1, 0.15) is 25.7 Å². The fourth-order valence-electron chi connectivity index (χ4n) is 3.47. The second-order valence-corrected chi connectivity index (χ2v) is 8.68. The zero-order chi connectivity index (χ0) is 18.7. The molecule has 1 aliphatic carbocycles. The van der Waals surface area contributed by atoms with Crippen LogP contribution in [0.5, 0.6) is 0 Å². The van der Waals surface area contributed by atoms with Gasteiger partial charge in [-0.05, 0) is 37.0 Å². The van der Waals surface area contributed by atoms with E-state index in [1.54, 1.807) is 0 Å². The molecule has 0 radical (unpaired) electrons. The maximum atomic E-state index is 14.2. The van der Waals surface area contributed by atoms with Crippen molar-refractivity contribution >= 4 is 21.6 Å². The Morgan fingerprint density at radius 2 is 2.04 bits per heavy atom. The summed E-state index contributed by atoms with van der Waals surface area (Å²) in [5, 5.41) is 2.66. The van der Waals surface area contributed by atoms with Crippen molar-refractivity contribution in [1.29, 1.82) is 0 Å². The number of sulfonamides is 1. The average Bonchev–Trinajstić information content (AvgIpc) is 3.02. The summed E-state index contributed by atoms with van der Waals surface area (Å²) in [4.78, 5) is 11.8. The summed E-state index contributed by atoms with van der Waals surface area (Å²) in [5.74, 6) is -0.951. The fourth-order valence-corrected chi connectivity index (χ4v) is 4.97. The van der Waals surface area contributed by atoms with Gasteiger partial charge in [-0.25, -0.2) is 12.8 Å². The second kappa shape index (κ2) is 7.99. The van der Waals surface area contributed by atoms with E-state index in [1.807, 2.05) is 0 Å². The van der Waals surface area contributed by atoms with Crippen molar-refractivity contribution in [1.82, 2.24) is 4.31 Å². The standard InChI is InChI=1S/C17H24FN3O4S/c18-14-5-4-13(20-17(22)10-12-2-1-3-15(12)19)11-16(14)26(23,24)21-6-8-25-9-7-21/h4-5,11-12,15H,1-3,6-10,19H2,(H,20,22)/t12-,15+/m0/s1. The molecule has 2 fully saturated rings. The number of benzene rings is 1. The maximum Gasteiger partial charge on any atom is 0.246 e. The minimum absolute atomic E-state index is 0.0197. The molecule has 0 bridgehead atoms. The summed E-state index contributed by atoms with van der Waals surface area (Å²) in [5.41, 5.74) is 6.24. The molecule has 9 heteroatoms. The molecule has 1 saturated heterocycles. The lowest BCUT2D eigenvalue weighted by atomic mass is 10.00. The Kier molecular flexibility index (Phi) is 5.91. The predicted molar refractivity (Wildman–Crippen MR) is 94.5 cm³/mol. The Hall–Kier alpha value is -1.55. The monoisotopic (exact) mass is 385 g/mol. The SMILES string of the molecule is N[C@@H]1CCC[C@H]1CC(=O)Nc1ccc(F)c(S(=O)(=O)N2CCOCC2)c1. The van der Waals surface area contributed by atoms with Gasteiger partial charge in [-0.2, -0.15) is 4.31 Å². The molecule has 3 rings (SSSR count). The number of halogens is 1. The third-order valence-electron chi connectivity index (χ3n) is 4.97. The number of hydrogen-bond donors (Lipinski definition) is 2. The van der Waals surface area contributed by atoms with Crippen molar-refractivity contribution < 1.29 is 22.3 Å². The summed E-state index contributed by atoms with van der Waals surface area (Å²) in [6, 6.07) is 3.61. The van der Waals surface area contributed by atoms with Gasteiger partial charge in [-0.1, -0.05) is 6.42 Å². The van der Waals surface area contributed by atoms with Gasteiger partial charge in [-0.15, -0.1) is 0 Å². The summed E-state index contributed by atoms with van der Waals surface area (Å²) >= 11 is 0. The van der Waals surface area contributed by atoms with Crippen molar-refractivity contribution in [3.8, 4) is 0 Å². The molecule has 2 aliphatic rings. The number of nitrogens with zero attached hydrogens (tertiary/aromatic N) is 1. The third kappa shape index (κ3) is 4.22. The number of morpholine rings is 1. The van der Waals surface area contributed by atoms with Gasteiger partial charge in [0.15, 0.2) is 0 Å². The Labute approximate surface area is 152 Å². The van der Waals surface area contributed by atoms with E-state index in [4.69, 9.17) is 10.5 Å². The largest absolute Gasteiger partial charge is 0.379 e. The number of amides is 1. The number of ether oxygens (including phenoxy) is 1. The highest BCUT2D eigenvalue weighted by molar-refractivity contribution is 7.89. The van der Waals surface area contributed by atoms with Crippen LogP contribution in [-0.4, -0.2) is 51.0 Å². The van der Waals surface area contributed by atoms with Crippen LogP contribution >= 0.6 is 0 Å². The molecule has 1 amide bonds. The van der Waals surface area contributed by atoms with E-state index >= 15 is 0 Å². The van der Waals surface area contributed by atoms with E-state index in [2.05, 4.69) is 5.32 Å². The minimum Gasteiger partial charge on any atom is -0.379 e. The Bertz CT molecular complexity index is 765. The molecule has 26 heavy (non-hydrogen) atoms. The molecule has 1 aromatic rings. The normalized spacial score (nSPS) is 24.5. The van der Waals surface area contributed by atoms with Gasteiger partial charge in [0.05, 0.1) is 13.2 Å². The fraction of sp³-hybridized carbons (Fsp3) is 0.588. The van der Waals surface area contributed by atoms with Crippen LogP contribution in [0.4, 0.5) is 10.1 Å². The average molecular weight is 385 g/mol. The number of carbonyl (C=O) groups is 1. The lowest BCUT2D eigenvalue weighted by Crippen LogP contribution is -2.40. The zero-order valence-electron chi connectivity index (χ0n) is 14.5. The number of hydrogen-bond acceptors (Lipinski definition) is 5. The summed E-state index contributed by atoms with van der Waals surface area (Å²) in [6.07, 6.45) is 3.12. The highest BCUT2D eigenvalue weighted by Gasteiger charge is 2.30. The predicted octanol–water partition coefficient (Wildman–Crippen LogP) is 1.30. The van der Waals surface area contributed by atoms with Crippen molar-refractivity contribution in [2.45, 2.75) is 36.6 Å². The molecule has 3 N–H and O–H groups in total. The number of rotatable bonds is 5. The quantitative estimate of drug-likeness (QED) is 0.796. The summed E-state index contributed by atoms with van der Waals surface area (Å²) in [6.45, 7) is 0.910. The van der Waals surface area contributed by atoms with Gasteiger partial charge in [0.25, 0.3) is 0 Å². The van der Waals surface area contributed by atoms with Crippen molar-refractivity contribution in [2.75, 3.05) is 31.6 Å². The molecule has 7 nitrogen and oxygen atoms in total. The molecule has 144 valence electrons. The van der Waals surface area contributed by atoms with Crippen LogP contribution in [0, 0.1) is 11.7 Å². The topological polar surface area (TPSA) is 102 Å². The molecule has 1 heterocycles. The Morgan fingerprint density at radius 1 is 1.31 bits per heavy atom. The van der Waals surface area contributed by atoms with E-state index in [0.29, 0.717) is 0 Å². The number of nitrogens with two attached hydrogens (primary N) is 1. The van der Waals surface area contributed by atoms with Crippen LogP contribution < -0.4 is 11.1 Å². The van der Waals surface area contributed by atoms with Crippen LogP contribution in [0.3, 0.4) is 0 Å². The maximum absolute atomic E-state index is 14.2. The second-order valence-electron chi connectivity index (χ2n) is 6.77. The third-order valence-corrected chi connectivity index (χ3v) is 6.88. The van der Waals surface area contributed by atoms with E-state index < -0.39 is 20.7 Å². The lowest BCUT2D eigenvalue weighted by molar-refractivity contribution is -0.117. The first kappa shape index (κ1) is 19.2. The number of carbonyl (C=O) groups excluding carboxylic acids is 1. The Morgan fingerprint density at radius 3 is 2.69 bits per heavy atom. The molecule has 0 unspecified atom stereocenters. The van der Waals surface area contributed by atoms with Gasteiger partial charge in [-0.3, -0.25) is 4.79 Å². The van der Waals surface area contributed by atoms with Crippen LogP contribution in [0.25, 0.3) is 0 Å². The molecular formula is C17H24FN3O4S. The van der Waals surface area contributed by atoms with Gasteiger partial charge in [0, 0.05) is 31.2 Å². The number of nitrogens with one attached hydrogen (secondary N) is 1. The summed E-state index contributed by atoms with van der Waals surface area (Å²) < 4.78 is 45.8. The van der Waals surface area contributed by atoms with Crippen LogP contribution in [0.2, 0.25) is 0 Å². The molecule has 1 aromatic carbocycles. The molecule has 1 aliphatic heterocycles. The Balaban J connectivity index is 1.73. The van der Waals surface area contributed by atoms with Gasteiger partial charge < -0.3 is 15.8 Å². The minimum atomic E-state index is -3.98. The van der Waals surface area contributed by atoms with Crippen molar-refractivity contribution in [3.63, 3.8) is 0 Å². The molecule has 0 spiro atoms. The summed E-state index contributed by atoms with van der Waals surface area (Å²) in [7, 11) is -3.98. The number of anilines is 1. The van der Waals surface area contributed by atoms with Gasteiger partial charge in [0.2, 0.25) is 15.9 Å². The van der Waals surface area contributed by atoms with Gasteiger partial charge >= 0.3 is 0 Å². The van der Waals surface area contributed by atoms with E-state index in [9.17, 15) is 17.6 Å². The van der Waals surface area contributed by atoms with Crippen LogP contribution in [0.15, 0.2) is 23.1 Å². The first-order valence-electron chi connectivity index (χ1n) is 8.81. The first-order valence-corrected chi connectivity index (χ1v) is 10.2. The van der Waals surface area contributed by atoms with Crippen molar-refractivity contribution in [3.05, 3.63) is 24.0 Å². The lowest BCUT2D eigenvalue weighted by Gasteiger charge is -2.26. The van der Waals surface area contributed by atoms with Crippen LogP contribution in [-0.2, 0) is 19.6 Å². The highest BCUT2D eigenvalue weighted by atomic mass is 32.2. The molecule has 0 aromatic heterocycles. The molecule has 1 saturated carbocycles. The van der Waals surface area contributed by atoms with Gasteiger partial charge in [0.1, 0.15) is 10.7 Å². The van der Waals surface area contributed by atoms with E-state index in [0.717, 1.165) is 25.3 Å². The molecule has 2 atom stereocenters.